The summed E-state index contributed by atoms with van der Waals surface area (Å²) in [6.45, 7) is 5.82. The minimum Gasteiger partial charge on any atom is -0.478 e. The fraction of sp³-hybridized carbons (Fsp3) is 0.417. The molecule has 2 rings (SSSR count). The van der Waals surface area contributed by atoms with Crippen molar-refractivity contribution in [3.05, 3.63) is 35.9 Å². The maximum atomic E-state index is 5.52. The van der Waals surface area contributed by atoms with Gasteiger partial charge in [0.1, 0.15) is 6.61 Å². The molecule has 0 bridgehead atoms. The van der Waals surface area contributed by atoms with Gasteiger partial charge in [-0.15, -0.1) is 0 Å². The third-order valence-electron chi connectivity index (χ3n) is 2.62. The lowest BCUT2D eigenvalue weighted by atomic mass is 9.84. The monoisotopic (exact) mass is 189 g/mol. The van der Waals surface area contributed by atoms with E-state index >= 15 is 0 Å². The normalized spacial score (nSPS) is 16.3. The topological polar surface area (TPSA) is 21.6 Å². The van der Waals surface area contributed by atoms with E-state index in [4.69, 9.17) is 4.74 Å². The number of ether oxygens (including phenoxy) is 1. The van der Waals surface area contributed by atoms with Crippen LogP contribution in [0.15, 0.2) is 35.3 Å². The van der Waals surface area contributed by atoms with Crippen LogP contribution in [0.5, 0.6) is 0 Å². The molecule has 2 nitrogen and oxygen atoms in total. The van der Waals surface area contributed by atoms with Crippen LogP contribution in [0.4, 0.5) is 0 Å². The first kappa shape index (κ1) is 9.25. The van der Waals surface area contributed by atoms with Crippen molar-refractivity contribution >= 4 is 5.90 Å². The van der Waals surface area contributed by atoms with Gasteiger partial charge >= 0.3 is 0 Å². The fourth-order valence-electron chi connectivity index (χ4n) is 1.69. The number of benzene rings is 1. The van der Waals surface area contributed by atoms with Crippen molar-refractivity contribution in [2.75, 3.05) is 13.2 Å². The smallest absolute Gasteiger partial charge is 0.193 e. The Morgan fingerprint density at radius 1 is 1.21 bits per heavy atom. The van der Waals surface area contributed by atoms with E-state index in [-0.39, 0.29) is 5.41 Å². The minimum absolute atomic E-state index is 0.0994. The molecule has 74 valence electrons. The molecule has 0 N–H and O–H groups in total. The lowest BCUT2D eigenvalue weighted by molar-refractivity contribution is 0.318. The van der Waals surface area contributed by atoms with Gasteiger partial charge in [0, 0.05) is 0 Å². The molecule has 2 heteroatoms. The van der Waals surface area contributed by atoms with Gasteiger partial charge < -0.3 is 4.74 Å². The molecule has 0 saturated heterocycles. The van der Waals surface area contributed by atoms with Crippen LogP contribution in [0.1, 0.15) is 19.4 Å². The van der Waals surface area contributed by atoms with Gasteiger partial charge in [0.25, 0.3) is 0 Å². The molecule has 0 radical (unpaired) electrons. The third-order valence-corrected chi connectivity index (χ3v) is 2.62. The van der Waals surface area contributed by atoms with Crippen molar-refractivity contribution in [1.82, 2.24) is 0 Å². The molecule has 0 fully saturated rings. The van der Waals surface area contributed by atoms with Crippen molar-refractivity contribution in [1.29, 1.82) is 0 Å². The molecule has 0 aromatic heterocycles. The summed E-state index contributed by atoms with van der Waals surface area (Å²) in [5.41, 5.74) is 1.15. The van der Waals surface area contributed by atoms with Gasteiger partial charge in [-0.25, -0.2) is 0 Å². The maximum Gasteiger partial charge on any atom is 0.193 e. The molecule has 1 aromatic rings. The van der Waals surface area contributed by atoms with E-state index in [2.05, 4.69) is 31.0 Å². The molecule has 0 spiro atoms. The van der Waals surface area contributed by atoms with Gasteiger partial charge in [0.15, 0.2) is 5.90 Å². The van der Waals surface area contributed by atoms with Gasteiger partial charge in [-0.2, -0.15) is 0 Å². The quantitative estimate of drug-likeness (QED) is 0.700. The highest BCUT2D eigenvalue weighted by molar-refractivity contribution is 5.88. The first-order valence-corrected chi connectivity index (χ1v) is 4.94. The maximum absolute atomic E-state index is 5.52. The van der Waals surface area contributed by atoms with E-state index in [1.54, 1.807) is 0 Å². The molecule has 1 aliphatic heterocycles. The Hall–Kier alpha value is -1.31. The van der Waals surface area contributed by atoms with Gasteiger partial charge in [0.2, 0.25) is 0 Å². The Balaban J connectivity index is 2.32. The molecule has 0 saturated carbocycles. The molecule has 1 aromatic carbocycles. The zero-order valence-electron chi connectivity index (χ0n) is 8.66. The number of aliphatic imine (C=N–C) groups is 1. The average molecular weight is 189 g/mol. The second-order valence-electron chi connectivity index (χ2n) is 4.03. The van der Waals surface area contributed by atoms with Gasteiger partial charge in [-0.1, -0.05) is 30.3 Å². The largest absolute Gasteiger partial charge is 0.478 e. The molecule has 1 heterocycles. The third kappa shape index (κ3) is 1.52. The Kier molecular flexibility index (Phi) is 2.28. The van der Waals surface area contributed by atoms with E-state index in [0.29, 0.717) is 0 Å². The minimum atomic E-state index is -0.0994. The summed E-state index contributed by atoms with van der Waals surface area (Å²) in [7, 11) is 0. The van der Waals surface area contributed by atoms with Crippen LogP contribution in [0.25, 0.3) is 0 Å². The summed E-state index contributed by atoms with van der Waals surface area (Å²) in [6, 6.07) is 10.4. The summed E-state index contributed by atoms with van der Waals surface area (Å²) >= 11 is 0. The fourth-order valence-corrected chi connectivity index (χ4v) is 1.69. The number of hydrogen-bond acceptors (Lipinski definition) is 2. The second kappa shape index (κ2) is 3.45. The van der Waals surface area contributed by atoms with Crippen molar-refractivity contribution in [3.63, 3.8) is 0 Å². The zero-order chi connectivity index (χ0) is 10.0. The first-order chi connectivity index (χ1) is 6.71. The summed E-state index contributed by atoms with van der Waals surface area (Å²) < 4.78 is 5.52. The van der Waals surface area contributed by atoms with E-state index < -0.39 is 0 Å². The van der Waals surface area contributed by atoms with E-state index in [1.807, 2.05) is 18.2 Å². The number of rotatable bonds is 2. The predicted octanol–water partition coefficient (Wildman–Crippen LogP) is 2.39. The molecular weight excluding hydrogens is 174 g/mol. The molecule has 0 amide bonds. The molecule has 1 aliphatic rings. The van der Waals surface area contributed by atoms with Crippen LogP contribution in [-0.4, -0.2) is 19.0 Å². The van der Waals surface area contributed by atoms with Crippen LogP contribution in [0, 0.1) is 0 Å². The van der Waals surface area contributed by atoms with Crippen LogP contribution >= 0.6 is 0 Å². The van der Waals surface area contributed by atoms with E-state index in [0.717, 1.165) is 19.0 Å². The second-order valence-corrected chi connectivity index (χ2v) is 4.03. The van der Waals surface area contributed by atoms with Gasteiger partial charge in [0.05, 0.1) is 12.0 Å². The number of nitrogens with zero attached hydrogens (tertiary/aromatic N) is 1. The summed E-state index contributed by atoms with van der Waals surface area (Å²) in [5, 5.41) is 0. The van der Waals surface area contributed by atoms with Crippen molar-refractivity contribution in [2.24, 2.45) is 4.99 Å². The Labute approximate surface area is 84.6 Å². The SMILES string of the molecule is CC(C)(C1=NCCO1)c1ccccc1. The average Bonchev–Trinajstić information content (AvgIpc) is 2.72. The van der Waals surface area contributed by atoms with Crippen LogP contribution < -0.4 is 0 Å². The molecule has 0 aliphatic carbocycles. The van der Waals surface area contributed by atoms with Gasteiger partial charge in [-0.3, -0.25) is 4.99 Å². The summed E-state index contributed by atoms with van der Waals surface area (Å²) in [5.74, 6) is 0.865. The summed E-state index contributed by atoms with van der Waals surface area (Å²) in [6.07, 6.45) is 0. The van der Waals surface area contributed by atoms with E-state index in [9.17, 15) is 0 Å². The van der Waals surface area contributed by atoms with E-state index in [1.165, 1.54) is 5.56 Å². The standard InChI is InChI=1S/C12H15NO/c1-12(2,11-13-8-9-14-11)10-6-4-3-5-7-10/h3-7H,8-9H2,1-2H3. The first-order valence-electron chi connectivity index (χ1n) is 4.94. The van der Waals surface area contributed by atoms with Crippen LogP contribution in [0.3, 0.4) is 0 Å². The molecule has 0 unspecified atom stereocenters. The van der Waals surface area contributed by atoms with Gasteiger partial charge in [-0.05, 0) is 19.4 Å². The highest BCUT2D eigenvalue weighted by Crippen LogP contribution is 2.26. The Morgan fingerprint density at radius 2 is 1.93 bits per heavy atom. The van der Waals surface area contributed by atoms with Crippen LogP contribution in [0.2, 0.25) is 0 Å². The molecule has 0 atom stereocenters. The van der Waals surface area contributed by atoms with Crippen molar-refractivity contribution in [2.45, 2.75) is 19.3 Å². The highest BCUT2D eigenvalue weighted by Gasteiger charge is 2.30. The predicted molar refractivity (Wildman–Crippen MR) is 57.7 cm³/mol. The molecule has 14 heavy (non-hydrogen) atoms. The molecular formula is C12H15NO. The lowest BCUT2D eigenvalue weighted by Gasteiger charge is -2.24. The lowest BCUT2D eigenvalue weighted by Crippen LogP contribution is -2.29. The van der Waals surface area contributed by atoms with Crippen molar-refractivity contribution < 1.29 is 4.74 Å². The van der Waals surface area contributed by atoms with Crippen LogP contribution in [-0.2, 0) is 10.2 Å². The summed E-state index contributed by atoms with van der Waals surface area (Å²) in [4.78, 5) is 4.38. The zero-order valence-corrected chi connectivity index (χ0v) is 8.66. The Bertz CT molecular complexity index is 341. The van der Waals surface area contributed by atoms with Crippen molar-refractivity contribution in [3.8, 4) is 0 Å². The number of hydrogen-bond donors (Lipinski definition) is 0. The Morgan fingerprint density at radius 3 is 2.50 bits per heavy atom. The highest BCUT2D eigenvalue weighted by atomic mass is 16.5.